The second kappa shape index (κ2) is 4.79. The minimum atomic E-state index is 0.760. The van der Waals surface area contributed by atoms with Gasteiger partial charge < -0.3 is 5.73 Å². The maximum atomic E-state index is 5.67. The number of nitrogens with zero attached hydrogens (tertiary/aromatic N) is 2. The standard InChI is InChI=1S/C11H11N3S/c12-9-1-6-14-10(7-9)8-15-11-2-4-13-5-3-11/h1-7H,8H2,(H2,12,14). The molecule has 2 rings (SSSR count). The van der Waals surface area contributed by atoms with Crippen LogP contribution < -0.4 is 5.73 Å². The summed E-state index contributed by atoms with van der Waals surface area (Å²) in [6, 6.07) is 7.66. The van der Waals surface area contributed by atoms with Crippen LogP contribution in [0.15, 0.2) is 47.8 Å². The average molecular weight is 217 g/mol. The minimum absolute atomic E-state index is 0.760. The van der Waals surface area contributed by atoms with Gasteiger partial charge in [-0.15, -0.1) is 11.8 Å². The number of thioether (sulfide) groups is 1. The van der Waals surface area contributed by atoms with Crippen molar-refractivity contribution in [2.24, 2.45) is 0 Å². The van der Waals surface area contributed by atoms with Gasteiger partial charge in [-0.05, 0) is 24.3 Å². The summed E-state index contributed by atoms with van der Waals surface area (Å²) in [5.41, 5.74) is 7.42. The lowest BCUT2D eigenvalue weighted by atomic mass is 10.3. The minimum Gasteiger partial charge on any atom is -0.399 e. The van der Waals surface area contributed by atoms with E-state index in [-0.39, 0.29) is 0 Å². The Kier molecular flexibility index (Phi) is 3.19. The summed E-state index contributed by atoms with van der Waals surface area (Å²) in [4.78, 5) is 9.39. The average Bonchev–Trinajstić information content (AvgIpc) is 2.28. The van der Waals surface area contributed by atoms with Crippen LogP contribution in [0.3, 0.4) is 0 Å². The zero-order chi connectivity index (χ0) is 10.5. The van der Waals surface area contributed by atoms with Crippen LogP contribution in [0.1, 0.15) is 5.69 Å². The van der Waals surface area contributed by atoms with Gasteiger partial charge in [0.15, 0.2) is 0 Å². The third-order valence-corrected chi connectivity index (χ3v) is 2.92. The Labute approximate surface area is 92.8 Å². The number of hydrogen-bond acceptors (Lipinski definition) is 4. The van der Waals surface area contributed by atoms with E-state index in [0.29, 0.717) is 0 Å². The van der Waals surface area contributed by atoms with Gasteiger partial charge in [0.1, 0.15) is 0 Å². The SMILES string of the molecule is Nc1ccnc(CSc2ccncc2)c1. The van der Waals surface area contributed by atoms with Crippen molar-refractivity contribution in [3.05, 3.63) is 48.5 Å². The van der Waals surface area contributed by atoms with Crippen molar-refractivity contribution >= 4 is 17.4 Å². The Balaban J connectivity index is 1.99. The van der Waals surface area contributed by atoms with Crippen LogP contribution in [-0.4, -0.2) is 9.97 Å². The van der Waals surface area contributed by atoms with E-state index in [1.165, 1.54) is 4.90 Å². The van der Waals surface area contributed by atoms with Gasteiger partial charge in [0.05, 0.1) is 5.69 Å². The summed E-state index contributed by atoms with van der Waals surface area (Å²) in [6.45, 7) is 0. The van der Waals surface area contributed by atoms with Gasteiger partial charge in [0.2, 0.25) is 0 Å². The van der Waals surface area contributed by atoms with Crippen LogP contribution in [-0.2, 0) is 5.75 Å². The van der Waals surface area contributed by atoms with E-state index in [0.717, 1.165) is 17.1 Å². The van der Waals surface area contributed by atoms with Crippen LogP contribution in [0.25, 0.3) is 0 Å². The maximum Gasteiger partial charge on any atom is 0.0526 e. The molecule has 4 heteroatoms. The third-order valence-electron chi connectivity index (χ3n) is 1.88. The Morgan fingerprint density at radius 2 is 1.93 bits per heavy atom. The number of rotatable bonds is 3. The lowest BCUT2D eigenvalue weighted by Gasteiger charge is -2.01. The number of hydrogen-bond donors (Lipinski definition) is 1. The first-order chi connectivity index (χ1) is 7.34. The molecule has 2 N–H and O–H groups in total. The first-order valence-corrected chi connectivity index (χ1v) is 5.56. The summed E-state index contributed by atoms with van der Waals surface area (Å²) < 4.78 is 0. The molecule has 15 heavy (non-hydrogen) atoms. The first-order valence-electron chi connectivity index (χ1n) is 4.58. The molecule has 2 heterocycles. The smallest absolute Gasteiger partial charge is 0.0526 e. The summed E-state index contributed by atoms with van der Waals surface area (Å²) in [7, 11) is 0. The van der Waals surface area contributed by atoms with Gasteiger partial charge in [-0.2, -0.15) is 0 Å². The molecule has 0 bridgehead atoms. The van der Waals surface area contributed by atoms with Crippen molar-refractivity contribution in [1.82, 2.24) is 9.97 Å². The Hall–Kier alpha value is -1.55. The zero-order valence-electron chi connectivity index (χ0n) is 8.13. The fourth-order valence-corrected chi connectivity index (χ4v) is 1.95. The van der Waals surface area contributed by atoms with Crippen molar-refractivity contribution in [2.45, 2.75) is 10.6 Å². The molecule has 0 amide bonds. The molecule has 3 nitrogen and oxygen atoms in total. The molecule has 2 aromatic heterocycles. The van der Waals surface area contributed by atoms with Crippen LogP contribution in [0.4, 0.5) is 5.69 Å². The van der Waals surface area contributed by atoms with Crippen molar-refractivity contribution in [3.8, 4) is 0 Å². The molecule has 0 aliphatic rings. The molecule has 0 saturated carbocycles. The second-order valence-corrected chi connectivity index (χ2v) is 4.10. The molecule has 0 aliphatic carbocycles. The van der Waals surface area contributed by atoms with Gasteiger partial charge in [-0.3, -0.25) is 9.97 Å². The van der Waals surface area contributed by atoms with Gasteiger partial charge >= 0.3 is 0 Å². The highest BCUT2D eigenvalue weighted by Gasteiger charge is 1.97. The van der Waals surface area contributed by atoms with Crippen molar-refractivity contribution in [3.63, 3.8) is 0 Å². The predicted molar refractivity (Wildman–Crippen MR) is 62.4 cm³/mol. The zero-order valence-corrected chi connectivity index (χ0v) is 8.95. The van der Waals surface area contributed by atoms with Crippen molar-refractivity contribution in [1.29, 1.82) is 0 Å². The fraction of sp³-hybridized carbons (Fsp3) is 0.0909. The highest BCUT2D eigenvalue weighted by atomic mass is 32.2. The quantitative estimate of drug-likeness (QED) is 0.802. The van der Waals surface area contributed by atoms with E-state index < -0.39 is 0 Å². The van der Waals surface area contributed by atoms with Gasteiger partial charge in [0.25, 0.3) is 0 Å². The third kappa shape index (κ3) is 2.95. The van der Waals surface area contributed by atoms with E-state index >= 15 is 0 Å². The lowest BCUT2D eigenvalue weighted by molar-refractivity contribution is 1.17. The predicted octanol–water partition coefficient (Wildman–Crippen LogP) is 2.35. The molecule has 0 atom stereocenters. The molecular formula is C11H11N3S. The van der Waals surface area contributed by atoms with Crippen LogP contribution in [0, 0.1) is 0 Å². The number of nitrogen functional groups attached to an aromatic ring is 1. The van der Waals surface area contributed by atoms with Crippen LogP contribution >= 0.6 is 11.8 Å². The Morgan fingerprint density at radius 1 is 1.13 bits per heavy atom. The van der Waals surface area contributed by atoms with E-state index in [1.807, 2.05) is 18.2 Å². The van der Waals surface area contributed by atoms with E-state index in [1.54, 1.807) is 36.4 Å². The second-order valence-electron chi connectivity index (χ2n) is 3.05. The topological polar surface area (TPSA) is 51.8 Å². The maximum absolute atomic E-state index is 5.67. The summed E-state index contributed by atoms with van der Waals surface area (Å²) in [6.07, 6.45) is 5.31. The number of aromatic nitrogens is 2. The summed E-state index contributed by atoms with van der Waals surface area (Å²) >= 11 is 1.72. The molecule has 0 fully saturated rings. The monoisotopic (exact) mass is 217 g/mol. The van der Waals surface area contributed by atoms with E-state index in [4.69, 9.17) is 5.73 Å². The molecule has 76 valence electrons. The highest BCUT2D eigenvalue weighted by Crippen LogP contribution is 2.21. The molecule has 0 aliphatic heterocycles. The normalized spacial score (nSPS) is 10.1. The highest BCUT2D eigenvalue weighted by molar-refractivity contribution is 7.98. The van der Waals surface area contributed by atoms with Crippen LogP contribution in [0.5, 0.6) is 0 Å². The molecule has 0 radical (unpaired) electrons. The van der Waals surface area contributed by atoms with E-state index in [9.17, 15) is 0 Å². The van der Waals surface area contributed by atoms with Crippen molar-refractivity contribution in [2.75, 3.05) is 5.73 Å². The van der Waals surface area contributed by atoms with Crippen molar-refractivity contribution < 1.29 is 0 Å². The molecule has 0 unspecified atom stereocenters. The molecular weight excluding hydrogens is 206 g/mol. The molecule has 0 spiro atoms. The Bertz CT molecular complexity index is 431. The summed E-state index contributed by atoms with van der Waals surface area (Å²) in [5.74, 6) is 0.828. The first kappa shape index (κ1) is 9.98. The molecule has 0 aromatic carbocycles. The van der Waals surface area contributed by atoms with Gasteiger partial charge in [-0.1, -0.05) is 0 Å². The number of pyridine rings is 2. The number of nitrogens with two attached hydrogens (primary N) is 1. The van der Waals surface area contributed by atoms with Crippen LogP contribution in [0.2, 0.25) is 0 Å². The molecule has 2 aromatic rings. The summed E-state index contributed by atoms with van der Waals surface area (Å²) in [5, 5.41) is 0. The fourth-order valence-electron chi connectivity index (χ4n) is 1.17. The van der Waals surface area contributed by atoms with Gasteiger partial charge in [0, 0.05) is 34.9 Å². The molecule has 0 saturated heterocycles. The lowest BCUT2D eigenvalue weighted by Crippen LogP contribution is -1.90. The van der Waals surface area contributed by atoms with Gasteiger partial charge in [-0.25, -0.2) is 0 Å². The largest absolute Gasteiger partial charge is 0.399 e. The number of anilines is 1. The van der Waals surface area contributed by atoms with E-state index in [2.05, 4.69) is 9.97 Å². The Morgan fingerprint density at radius 3 is 2.67 bits per heavy atom.